The van der Waals surface area contributed by atoms with Crippen molar-refractivity contribution < 1.29 is 9.90 Å². The molecule has 0 aliphatic carbocycles. The normalized spacial score (nSPS) is 14.9. The first-order valence-electron chi connectivity index (χ1n) is 5.57. The van der Waals surface area contributed by atoms with Gasteiger partial charge in [0.1, 0.15) is 0 Å². The van der Waals surface area contributed by atoms with Gasteiger partial charge >= 0.3 is 0 Å². The van der Waals surface area contributed by atoms with Gasteiger partial charge in [-0.2, -0.15) is 0 Å². The van der Waals surface area contributed by atoms with Crippen LogP contribution < -0.4 is 5.32 Å². The van der Waals surface area contributed by atoms with Crippen molar-refractivity contribution in [3.05, 3.63) is 0 Å². The topological polar surface area (TPSA) is 49.3 Å². The van der Waals surface area contributed by atoms with Crippen LogP contribution in [-0.2, 0) is 4.79 Å². The summed E-state index contributed by atoms with van der Waals surface area (Å²) in [7, 11) is 0. The maximum Gasteiger partial charge on any atom is 0.223 e. The number of nitrogens with one attached hydrogen (secondary N) is 1. The smallest absolute Gasteiger partial charge is 0.223 e. The summed E-state index contributed by atoms with van der Waals surface area (Å²) in [5.74, 6) is 0.204. The number of unbranched alkanes of at least 4 members (excludes halogenated alkanes) is 1. The third kappa shape index (κ3) is 5.97. The average Bonchev–Trinajstić information content (AvgIpc) is 2.16. The van der Waals surface area contributed by atoms with Crippen molar-refractivity contribution in [3.8, 4) is 0 Å². The summed E-state index contributed by atoms with van der Waals surface area (Å²) in [5.41, 5.74) is 0. The Kier molecular flexibility index (Phi) is 7.48. The molecule has 84 valence electrons. The van der Waals surface area contributed by atoms with Gasteiger partial charge in [-0.15, -0.1) is 0 Å². The molecule has 0 spiro atoms. The molecule has 0 heterocycles. The first-order valence-corrected chi connectivity index (χ1v) is 5.57. The van der Waals surface area contributed by atoms with E-state index in [4.69, 9.17) is 5.11 Å². The number of carbonyl (C=O) groups excluding carboxylic acids is 1. The second-order valence-electron chi connectivity index (χ2n) is 3.84. The van der Waals surface area contributed by atoms with Crippen molar-refractivity contribution >= 4 is 5.91 Å². The molecule has 0 radical (unpaired) electrons. The maximum atomic E-state index is 11.6. The molecule has 2 N–H and O–H groups in total. The third-order valence-electron chi connectivity index (χ3n) is 2.34. The molecule has 0 bridgehead atoms. The van der Waals surface area contributed by atoms with Gasteiger partial charge in [0.15, 0.2) is 0 Å². The highest BCUT2D eigenvalue weighted by molar-refractivity contribution is 5.78. The average molecular weight is 201 g/mol. The molecule has 0 aromatic heterocycles. The standard InChI is InChI=1S/C11H23NO2/c1-4-6-7-10(5-2)11(14)12-8-9(3)13/h9-10,13H,4-8H2,1-3H3,(H,12,14)/t9-,10+/m0/s1. The van der Waals surface area contributed by atoms with Crippen molar-refractivity contribution in [2.75, 3.05) is 6.54 Å². The van der Waals surface area contributed by atoms with Crippen LogP contribution in [-0.4, -0.2) is 23.7 Å². The SMILES string of the molecule is CCCC[C@@H](CC)C(=O)NC[C@H](C)O. The lowest BCUT2D eigenvalue weighted by molar-refractivity contribution is -0.125. The minimum absolute atomic E-state index is 0.0850. The van der Waals surface area contributed by atoms with Crippen LogP contribution in [0.4, 0.5) is 0 Å². The van der Waals surface area contributed by atoms with Crippen LogP contribution in [0.1, 0.15) is 46.5 Å². The lowest BCUT2D eigenvalue weighted by Gasteiger charge is -2.15. The molecule has 0 aromatic carbocycles. The largest absolute Gasteiger partial charge is 0.392 e. The highest BCUT2D eigenvalue weighted by Crippen LogP contribution is 2.12. The molecular weight excluding hydrogens is 178 g/mol. The van der Waals surface area contributed by atoms with Crippen molar-refractivity contribution in [2.45, 2.75) is 52.6 Å². The van der Waals surface area contributed by atoms with Crippen molar-refractivity contribution in [3.63, 3.8) is 0 Å². The molecule has 0 rings (SSSR count). The van der Waals surface area contributed by atoms with Crippen LogP contribution in [0.15, 0.2) is 0 Å². The molecular formula is C11H23NO2. The summed E-state index contributed by atoms with van der Waals surface area (Å²) < 4.78 is 0. The third-order valence-corrected chi connectivity index (χ3v) is 2.34. The fourth-order valence-electron chi connectivity index (χ4n) is 1.36. The number of aliphatic hydroxyl groups is 1. The van der Waals surface area contributed by atoms with Crippen LogP contribution in [0.25, 0.3) is 0 Å². The molecule has 0 aromatic rings. The number of carbonyl (C=O) groups is 1. The predicted octanol–water partition coefficient (Wildman–Crippen LogP) is 1.70. The molecule has 0 saturated heterocycles. The fourth-order valence-corrected chi connectivity index (χ4v) is 1.36. The minimum atomic E-state index is -0.456. The zero-order valence-electron chi connectivity index (χ0n) is 9.55. The lowest BCUT2D eigenvalue weighted by Crippen LogP contribution is -2.35. The van der Waals surface area contributed by atoms with Gasteiger partial charge in [0.05, 0.1) is 6.10 Å². The van der Waals surface area contributed by atoms with Gasteiger partial charge in [-0.25, -0.2) is 0 Å². The number of hydrogen-bond acceptors (Lipinski definition) is 2. The summed E-state index contributed by atoms with van der Waals surface area (Å²) in [6, 6.07) is 0. The monoisotopic (exact) mass is 201 g/mol. The molecule has 3 heteroatoms. The van der Waals surface area contributed by atoms with E-state index in [1.54, 1.807) is 6.92 Å². The molecule has 2 atom stereocenters. The van der Waals surface area contributed by atoms with E-state index in [1.807, 2.05) is 6.92 Å². The van der Waals surface area contributed by atoms with E-state index in [0.29, 0.717) is 6.54 Å². The zero-order chi connectivity index (χ0) is 11.0. The number of rotatable bonds is 7. The second-order valence-corrected chi connectivity index (χ2v) is 3.84. The van der Waals surface area contributed by atoms with Crippen LogP contribution in [0.5, 0.6) is 0 Å². The molecule has 0 unspecified atom stereocenters. The summed E-state index contributed by atoms with van der Waals surface area (Å²) in [6.07, 6.45) is 3.60. The van der Waals surface area contributed by atoms with Crippen molar-refractivity contribution in [1.82, 2.24) is 5.32 Å². The minimum Gasteiger partial charge on any atom is -0.392 e. The number of amides is 1. The fraction of sp³-hybridized carbons (Fsp3) is 0.909. The van der Waals surface area contributed by atoms with Gasteiger partial charge in [-0.1, -0.05) is 26.7 Å². The van der Waals surface area contributed by atoms with E-state index in [2.05, 4.69) is 12.2 Å². The van der Waals surface area contributed by atoms with Gasteiger partial charge < -0.3 is 10.4 Å². The highest BCUT2D eigenvalue weighted by atomic mass is 16.3. The molecule has 0 aliphatic heterocycles. The van der Waals surface area contributed by atoms with E-state index in [9.17, 15) is 4.79 Å². The van der Waals surface area contributed by atoms with Crippen LogP contribution in [0, 0.1) is 5.92 Å². The van der Waals surface area contributed by atoms with E-state index < -0.39 is 6.10 Å². The Morgan fingerprint density at radius 3 is 2.50 bits per heavy atom. The Hall–Kier alpha value is -0.570. The van der Waals surface area contributed by atoms with Crippen molar-refractivity contribution in [1.29, 1.82) is 0 Å². The first-order chi connectivity index (χ1) is 6.61. The Balaban J connectivity index is 3.79. The molecule has 14 heavy (non-hydrogen) atoms. The van der Waals surface area contributed by atoms with E-state index in [0.717, 1.165) is 25.7 Å². The second kappa shape index (κ2) is 7.80. The van der Waals surface area contributed by atoms with Gasteiger partial charge in [0.25, 0.3) is 0 Å². The van der Waals surface area contributed by atoms with E-state index in [1.165, 1.54) is 0 Å². The van der Waals surface area contributed by atoms with Gasteiger partial charge in [0.2, 0.25) is 5.91 Å². The number of hydrogen-bond donors (Lipinski definition) is 2. The van der Waals surface area contributed by atoms with Crippen molar-refractivity contribution in [2.24, 2.45) is 5.92 Å². The highest BCUT2D eigenvalue weighted by Gasteiger charge is 2.15. The zero-order valence-corrected chi connectivity index (χ0v) is 9.55. The summed E-state index contributed by atoms with van der Waals surface area (Å²) in [5, 5.41) is 11.8. The Labute approximate surface area is 86.9 Å². The van der Waals surface area contributed by atoms with Crippen LogP contribution in [0.3, 0.4) is 0 Å². The molecule has 0 saturated carbocycles. The molecule has 3 nitrogen and oxygen atoms in total. The summed E-state index contributed by atoms with van der Waals surface area (Å²) in [6.45, 7) is 6.19. The summed E-state index contributed by atoms with van der Waals surface area (Å²) >= 11 is 0. The molecule has 0 aliphatic rings. The number of aliphatic hydroxyl groups excluding tert-OH is 1. The molecule has 1 amide bonds. The van der Waals surface area contributed by atoms with E-state index >= 15 is 0 Å². The van der Waals surface area contributed by atoms with E-state index in [-0.39, 0.29) is 11.8 Å². The predicted molar refractivity (Wildman–Crippen MR) is 58.0 cm³/mol. The van der Waals surface area contributed by atoms with Gasteiger partial charge in [-0.05, 0) is 19.8 Å². The Bertz CT molecular complexity index is 157. The summed E-state index contributed by atoms with van der Waals surface area (Å²) in [4.78, 5) is 11.6. The van der Waals surface area contributed by atoms with Gasteiger partial charge in [-0.3, -0.25) is 4.79 Å². The Morgan fingerprint density at radius 2 is 2.07 bits per heavy atom. The maximum absolute atomic E-state index is 11.6. The lowest BCUT2D eigenvalue weighted by atomic mass is 9.98. The van der Waals surface area contributed by atoms with Crippen LogP contribution >= 0.6 is 0 Å². The molecule has 0 fully saturated rings. The first kappa shape index (κ1) is 13.4. The van der Waals surface area contributed by atoms with Crippen LogP contribution in [0.2, 0.25) is 0 Å². The Morgan fingerprint density at radius 1 is 1.43 bits per heavy atom. The van der Waals surface area contributed by atoms with Gasteiger partial charge in [0, 0.05) is 12.5 Å². The quantitative estimate of drug-likeness (QED) is 0.658.